The van der Waals surface area contributed by atoms with Crippen LogP contribution in [0.5, 0.6) is 0 Å². The Hall–Kier alpha value is -1.35. The maximum atomic E-state index is 13.2. The lowest BCUT2D eigenvalue weighted by atomic mass is 9.96. The van der Waals surface area contributed by atoms with Crippen LogP contribution in [0.25, 0.3) is 0 Å². The summed E-state index contributed by atoms with van der Waals surface area (Å²) >= 11 is 3.21. The molecule has 0 fully saturated rings. The van der Waals surface area contributed by atoms with E-state index in [1.165, 1.54) is 11.6 Å². The van der Waals surface area contributed by atoms with E-state index in [9.17, 15) is 4.39 Å². The van der Waals surface area contributed by atoms with Crippen LogP contribution in [0.4, 0.5) is 10.1 Å². The van der Waals surface area contributed by atoms with E-state index in [4.69, 9.17) is 0 Å². The number of nitrogens with one attached hydrogen (secondary N) is 1. The summed E-state index contributed by atoms with van der Waals surface area (Å²) in [5.41, 5.74) is 2.15. The second kappa shape index (κ2) is 6.20. The quantitative estimate of drug-likeness (QED) is 0.795. The van der Waals surface area contributed by atoms with Gasteiger partial charge in [0, 0.05) is 5.69 Å². The zero-order valence-electron chi connectivity index (χ0n) is 11.0. The maximum absolute atomic E-state index is 13.2. The van der Waals surface area contributed by atoms with Gasteiger partial charge in [-0.2, -0.15) is 0 Å². The molecule has 0 aliphatic carbocycles. The van der Waals surface area contributed by atoms with E-state index in [-0.39, 0.29) is 11.9 Å². The van der Waals surface area contributed by atoms with Crippen molar-refractivity contribution in [1.82, 2.24) is 0 Å². The predicted molar refractivity (Wildman–Crippen MR) is 81.7 cm³/mol. The first kappa shape index (κ1) is 14.1. The highest BCUT2D eigenvalue weighted by Crippen LogP contribution is 2.28. The van der Waals surface area contributed by atoms with Crippen molar-refractivity contribution in [2.24, 2.45) is 5.92 Å². The largest absolute Gasteiger partial charge is 0.378 e. The molecule has 0 aliphatic rings. The molecule has 0 saturated heterocycles. The Bertz CT molecular complexity index is 540. The normalized spacial score (nSPS) is 12.5. The van der Waals surface area contributed by atoms with E-state index >= 15 is 0 Å². The van der Waals surface area contributed by atoms with Crippen LogP contribution in [-0.2, 0) is 0 Å². The van der Waals surface area contributed by atoms with Crippen molar-refractivity contribution in [2.75, 3.05) is 5.32 Å². The Morgan fingerprint density at radius 1 is 1.05 bits per heavy atom. The molecule has 2 aromatic rings. The zero-order chi connectivity index (χ0) is 13.8. The molecular formula is C16H17BrFN. The fourth-order valence-corrected chi connectivity index (χ4v) is 2.44. The van der Waals surface area contributed by atoms with Crippen LogP contribution >= 0.6 is 15.9 Å². The van der Waals surface area contributed by atoms with Crippen LogP contribution in [0.2, 0.25) is 0 Å². The van der Waals surface area contributed by atoms with E-state index in [1.807, 2.05) is 18.2 Å². The van der Waals surface area contributed by atoms with E-state index in [1.54, 1.807) is 12.1 Å². The molecule has 1 nitrogen and oxygen atoms in total. The predicted octanol–water partition coefficient (Wildman–Crippen LogP) is 5.40. The van der Waals surface area contributed by atoms with Crippen molar-refractivity contribution < 1.29 is 4.39 Å². The van der Waals surface area contributed by atoms with Crippen LogP contribution < -0.4 is 5.32 Å². The van der Waals surface area contributed by atoms with Gasteiger partial charge in [-0.1, -0.05) is 44.2 Å². The molecule has 3 heteroatoms. The summed E-state index contributed by atoms with van der Waals surface area (Å²) < 4.78 is 13.7. The molecule has 0 bridgehead atoms. The van der Waals surface area contributed by atoms with Gasteiger partial charge in [-0.3, -0.25) is 0 Å². The van der Waals surface area contributed by atoms with Crippen LogP contribution in [-0.4, -0.2) is 0 Å². The summed E-state index contributed by atoms with van der Waals surface area (Å²) in [5, 5.41) is 3.47. The fourth-order valence-electron chi connectivity index (χ4n) is 2.06. The highest BCUT2D eigenvalue weighted by molar-refractivity contribution is 9.10. The molecule has 0 saturated carbocycles. The summed E-state index contributed by atoms with van der Waals surface area (Å²) in [7, 11) is 0. The van der Waals surface area contributed by atoms with Crippen molar-refractivity contribution in [3.05, 3.63) is 64.4 Å². The highest BCUT2D eigenvalue weighted by Gasteiger charge is 2.15. The van der Waals surface area contributed by atoms with Gasteiger partial charge in [-0.05, 0) is 45.6 Å². The molecule has 19 heavy (non-hydrogen) atoms. The molecule has 1 unspecified atom stereocenters. The molecule has 1 N–H and O–H groups in total. The van der Waals surface area contributed by atoms with E-state index in [0.717, 1.165) is 5.69 Å². The Morgan fingerprint density at radius 2 is 1.74 bits per heavy atom. The molecule has 0 amide bonds. The number of anilines is 1. The SMILES string of the molecule is CC(C)C(Nc1ccc(F)c(Br)c1)c1ccccc1. The summed E-state index contributed by atoms with van der Waals surface area (Å²) in [6.45, 7) is 4.34. The van der Waals surface area contributed by atoms with E-state index in [0.29, 0.717) is 10.4 Å². The molecule has 0 radical (unpaired) electrons. The molecule has 0 spiro atoms. The zero-order valence-corrected chi connectivity index (χ0v) is 12.6. The first-order valence-electron chi connectivity index (χ1n) is 6.34. The molecule has 0 aliphatic heterocycles. The smallest absolute Gasteiger partial charge is 0.137 e. The summed E-state index contributed by atoms with van der Waals surface area (Å²) in [6.07, 6.45) is 0. The minimum Gasteiger partial charge on any atom is -0.378 e. The standard InChI is InChI=1S/C16H17BrFN/c1-11(2)16(12-6-4-3-5-7-12)19-13-8-9-15(18)14(17)10-13/h3-11,16,19H,1-2H3. The molecule has 1 atom stereocenters. The molecule has 0 aromatic heterocycles. The van der Waals surface area contributed by atoms with Gasteiger partial charge in [0.05, 0.1) is 10.5 Å². The highest BCUT2D eigenvalue weighted by atomic mass is 79.9. The number of halogens is 2. The lowest BCUT2D eigenvalue weighted by molar-refractivity contribution is 0.546. The second-order valence-corrected chi connectivity index (χ2v) is 5.76. The summed E-state index contributed by atoms with van der Waals surface area (Å²) in [6, 6.07) is 15.5. The van der Waals surface area contributed by atoms with E-state index < -0.39 is 0 Å². The second-order valence-electron chi connectivity index (χ2n) is 4.91. The average Bonchev–Trinajstić information content (AvgIpc) is 2.40. The van der Waals surface area contributed by atoms with Crippen molar-refractivity contribution in [3.8, 4) is 0 Å². The molecule has 2 aromatic carbocycles. The van der Waals surface area contributed by atoms with Crippen LogP contribution in [0, 0.1) is 11.7 Å². The monoisotopic (exact) mass is 321 g/mol. The Kier molecular flexibility index (Phi) is 4.59. The lowest BCUT2D eigenvalue weighted by Crippen LogP contribution is -2.16. The number of benzene rings is 2. The minimum absolute atomic E-state index is 0.207. The van der Waals surface area contributed by atoms with Gasteiger partial charge in [0.2, 0.25) is 0 Å². The average molecular weight is 322 g/mol. The number of rotatable bonds is 4. The Morgan fingerprint density at radius 3 is 2.32 bits per heavy atom. The summed E-state index contributed by atoms with van der Waals surface area (Å²) in [4.78, 5) is 0. The van der Waals surface area contributed by atoms with Crippen molar-refractivity contribution >= 4 is 21.6 Å². The van der Waals surface area contributed by atoms with E-state index in [2.05, 4.69) is 47.2 Å². The molecular weight excluding hydrogens is 305 g/mol. The van der Waals surface area contributed by atoms with Crippen LogP contribution in [0.1, 0.15) is 25.5 Å². The van der Waals surface area contributed by atoms with Gasteiger partial charge in [-0.25, -0.2) is 4.39 Å². The summed E-state index contributed by atoms with van der Waals surface area (Å²) in [5.74, 6) is 0.192. The maximum Gasteiger partial charge on any atom is 0.137 e. The minimum atomic E-state index is -0.244. The van der Waals surface area contributed by atoms with Crippen molar-refractivity contribution in [3.63, 3.8) is 0 Å². The van der Waals surface area contributed by atoms with Crippen LogP contribution in [0.3, 0.4) is 0 Å². The topological polar surface area (TPSA) is 12.0 Å². The third-order valence-electron chi connectivity index (χ3n) is 3.07. The number of hydrogen-bond donors (Lipinski definition) is 1. The Labute approximate surface area is 122 Å². The first-order chi connectivity index (χ1) is 9.08. The van der Waals surface area contributed by atoms with Gasteiger partial charge in [-0.15, -0.1) is 0 Å². The number of hydrogen-bond acceptors (Lipinski definition) is 1. The van der Waals surface area contributed by atoms with Gasteiger partial charge in [0.25, 0.3) is 0 Å². The van der Waals surface area contributed by atoms with Gasteiger partial charge < -0.3 is 5.32 Å². The van der Waals surface area contributed by atoms with Crippen molar-refractivity contribution in [2.45, 2.75) is 19.9 Å². The molecule has 0 heterocycles. The Balaban J connectivity index is 2.24. The van der Waals surface area contributed by atoms with Gasteiger partial charge in [0.1, 0.15) is 5.82 Å². The molecule has 2 rings (SSSR count). The fraction of sp³-hybridized carbons (Fsp3) is 0.250. The third-order valence-corrected chi connectivity index (χ3v) is 3.67. The van der Waals surface area contributed by atoms with Crippen LogP contribution in [0.15, 0.2) is 53.0 Å². The van der Waals surface area contributed by atoms with Crippen molar-refractivity contribution in [1.29, 1.82) is 0 Å². The van der Waals surface area contributed by atoms with Gasteiger partial charge in [0.15, 0.2) is 0 Å². The van der Waals surface area contributed by atoms with Gasteiger partial charge >= 0.3 is 0 Å². The molecule has 100 valence electrons. The third kappa shape index (κ3) is 3.57. The first-order valence-corrected chi connectivity index (χ1v) is 7.14. The lowest BCUT2D eigenvalue weighted by Gasteiger charge is -2.24.